The van der Waals surface area contributed by atoms with E-state index in [4.69, 9.17) is 15.5 Å². The van der Waals surface area contributed by atoms with E-state index in [-0.39, 0.29) is 62.3 Å². The van der Waals surface area contributed by atoms with Crippen molar-refractivity contribution >= 4 is 49.1 Å². The Morgan fingerprint density at radius 1 is 1.27 bits per heavy atom. The van der Waals surface area contributed by atoms with Gasteiger partial charge in [-0.1, -0.05) is 18.7 Å². The van der Waals surface area contributed by atoms with E-state index in [0.29, 0.717) is 49.2 Å². The number of aromatic nitrogens is 2. The molecule has 2 N–H and O–H groups in total. The molecular weight excluding hydrogens is 639 g/mol. The molecule has 1 amide bonds. The second-order valence-corrected chi connectivity index (χ2v) is 13.9. The highest BCUT2D eigenvalue weighted by atomic mass is 32.1. The van der Waals surface area contributed by atoms with E-state index in [2.05, 4.69) is 16.5 Å². The van der Waals surface area contributed by atoms with Crippen LogP contribution in [0.2, 0.25) is 0 Å². The summed E-state index contributed by atoms with van der Waals surface area (Å²) < 4.78 is 52.8. The molecule has 0 radical (unpaired) electrons. The van der Waals surface area contributed by atoms with Gasteiger partial charge < -0.3 is 20.3 Å². The number of thiophene rings is 1. The van der Waals surface area contributed by atoms with Gasteiger partial charge in [0.1, 0.15) is 41.0 Å². The van der Waals surface area contributed by atoms with Gasteiger partial charge in [0.25, 0.3) is 0 Å². The Morgan fingerprint density at radius 3 is 2.81 bits per heavy atom. The zero-order valence-corrected chi connectivity index (χ0v) is 27.6. The van der Waals surface area contributed by atoms with Crippen LogP contribution < -0.4 is 15.4 Å². The normalized spacial score (nSPS) is 23.9. The molecule has 0 aliphatic carbocycles. The summed E-state index contributed by atoms with van der Waals surface area (Å²) >= 11 is 0.944. The molecule has 3 saturated heterocycles. The lowest BCUT2D eigenvalue weighted by atomic mass is 9.95. The number of nitrogens with zero attached hydrogens (tertiary/aromatic N) is 6. The first-order chi connectivity index (χ1) is 23.1. The van der Waals surface area contributed by atoms with Gasteiger partial charge >= 0.3 is 6.01 Å². The number of amides is 1. The zero-order chi connectivity index (χ0) is 33.9. The summed E-state index contributed by atoms with van der Waals surface area (Å²) in [5, 5.41) is 10.7. The zero-order valence-electron chi connectivity index (χ0n) is 26.8. The molecule has 2 aromatic carbocycles. The number of carbonyl (C=O) groups is 1. The number of hydrogen-bond donors (Lipinski definition) is 1. The first kappa shape index (κ1) is 32.2. The van der Waals surface area contributed by atoms with Crippen LogP contribution in [0.5, 0.6) is 6.01 Å². The summed E-state index contributed by atoms with van der Waals surface area (Å²) in [6, 6.07) is 7.68. The summed E-state index contributed by atoms with van der Waals surface area (Å²) in [4.78, 5) is 28.0. The van der Waals surface area contributed by atoms with Crippen molar-refractivity contribution < 1.29 is 22.7 Å². The Labute approximate surface area is 280 Å². The van der Waals surface area contributed by atoms with Gasteiger partial charge in [-0.3, -0.25) is 9.69 Å². The quantitative estimate of drug-likeness (QED) is 0.220. The first-order valence-corrected chi connectivity index (χ1v) is 17.0. The van der Waals surface area contributed by atoms with Crippen LogP contribution in [0.4, 0.5) is 24.0 Å². The number of carbonyl (C=O) groups excluding carboxylic acids is 1. The Hall–Kier alpha value is -4.41. The summed E-state index contributed by atoms with van der Waals surface area (Å²) in [7, 11) is 0. The summed E-state index contributed by atoms with van der Waals surface area (Å²) in [6.45, 7) is 9.93. The van der Waals surface area contributed by atoms with Gasteiger partial charge in [-0.15, -0.1) is 11.3 Å². The van der Waals surface area contributed by atoms with E-state index in [1.165, 1.54) is 18.2 Å². The van der Waals surface area contributed by atoms with Gasteiger partial charge in [-0.25, -0.2) is 13.2 Å². The number of benzene rings is 2. The molecule has 4 aromatic rings. The van der Waals surface area contributed by atoms with Gasteiger partial charge in [0.05, 0.1) is 21.8 Å². The molecule has 0 bridgehead atoms. The predicted molar refractivity (Wildman–Crippen MR) is 181 cm³/mol. The number of halogens is 3. The maximum atomic E-state index is 16.9. The third-order valence-corrected chi connectivity index (χ3v) is 11.4. The summed E-state index contributed by atoms with van der Waals surface area (Å²) in [5.74, 6) is -0.950. The topological polar surface area (TPSA) is 112 Å². The number of fused-ring (bicyclic) bond motifs is 3. The van der Waals surface area contributed by atoms with Gasteiger partial charge in [0, 0.05) is 48.4 Å². The van der Waals surface area contributed by atoms with Gasteiger partial charge in [0.15, 0.2) is 5.82 Å². The molecule has 48 heavy (non-hydrogen) atoms. The Morgan fingerprint density at radius 2 is 2.06 bits per heavy atom. The minimum atomic E-state index is -0.945. The molecular formula is C35H36F3N7O2S. The van der Waals surface area contributed by atoms with E-state index in [0.717, 1.165) is 30.7 Å². The average molecular weight is 676 g/mol. The fourth-order valence-corrected chi connectivity index (χ4v) is 9.05. The Kier molecular flexibility index (Phi) is 8.20. The molecule has 3 aliphatic heterocycles. The van der Waals surface area contributed by atoms with Crippen LogP contribution in [0.15, 0.2) is 36.9 Å². The van der Waals surface area contributed by atoms with Crippen molar-refractivity contribution in [1.82, 2.24) is 19.8 Å². The molecule has 4 atom stereocenters. The molecule has 0 saturated carbocycles. The third-order valence-electron chi connectivity index (χ3n) is 10.4. The SMILES string of the molecule is C=CC(=O)N1CCC(N(CC)c2nc(OCC34CCCN3CC(F)C4)nc3c(F)c(-c4ccc(F)c5sc(N)c(C#N)c45)ccc23)C1C. The molecule has 2 aromatic heterocycles. The number of likely N-dealkylation sites (tertiary alicyclic amines) is 1. The fourth-order valence-electron chi connectivity index (χ4n) is 8.10. The van der Waals surface area contributed by atoms with Crippen LogP contribution in [-0.4, -0.2) is 82.3 Å². The van der Waals surface area contributed by atoms with Crippen molar-refractivity contribution in [3.05, 3.63) is 54.1 Å². The average Bonchev–Trinajstić information content (AvgIpc) is 3.82. The molecule has 7 rings (SSSR count). The Balaban J connectivity index is 1.37. The molecule has 250 valence electrons. The number of anilines is 2. The van der Waals surface area contributed by atoms with E-state index in [1.807, 2.05) is 24.8 Å². The molecule has 3 fully saturated rings. The van der Waals surface area contributed by atoms with Crippen molar-refractivity contribution in [1.29, 1.82) is 5.26 Å². The monoisotopic (exact) mass is 675 g/mol. The maximum Gasteiger partial charge on any atom is 0.319 e. The third kappa shape index (κ3) is 5.04. The molecule has 0 spiro atoms. The minimum absolute atomic E-state index is 0.00891. The summed E-state index contributed by atoms with van der Waals surface area (Å²) in [6.07, 6.45) is 3.10. The molecule has 5 heterocycles. The largest absolute Gasteiger partial charge is 0.461 e. The van der Waals surface area contributed by atoms with Crippen LogP contribution in [0.1, 0.15) is 45.1 Å². The maximum absolute atomic E-state index is 16.9. The number of nitrogen functional groups attached to an aromatic ring is 1. The van der Waals surface area contributed by atoms with Gasteiger partial charge in [-0.2, -0.15) is 15.2 Å². The summed E-state index contributed by atoms with van der Waals surface area (Å²) in [5.41, 5.74) is 6.11. The van der Waals surface area contributed by atoms with Crippen LogP contribution in [0.25, 0.3) is 32.1 Å². The number of likely N-dealkylation sites (N-methyl/N-ethyl adjacent to an activating group) is 1. The standard InChI is InChI=1S/C35H36F3N7O2S/c1-4-27(46)45-14-11-26(19(45)3)44(5-2)33-23-8-7-22(21-9-10-25(37)31-28(21)24(16-39)32(40)48-31)29(38)30(23)41-34(42-33)47-18-35-12-6-13-43(35)17-20(36)15-35/h4,7-10,19-20,26H,1,5-6,11-15,17-18,40H2,2-3H3. The molecule has 4 unspecified atom stereocenters. The van der Waals surface area contributed by atoms with Crippen molar-refractivity contribution in [2.75, 3.05) is 43.4 Å². The highest BCUT2D eigenvalue weighted by Gasteiger charge is 2.49. The number of rotatable bonds is 8. The van der Waals surface area contributed by atoms with E-state index >= 15 is 4.39 Å². The number of nitriles is 1. The van der Waals surface area contributed by atoms with Crippen molar-refractivity contribution in [2.24, 2.45) is 0 Å². The number of ether oxygens (including phenoxy) is 1. The number of alkyl halides is 1. The minimum Gasteiger partial charge on any atom is -0.461 e. The second kappa shape index (κ2) is 12.2. The lowest BCUT2D eigenvalue weighted by Crippen LogP contribution is -2.45. The number of hydrogen-bond acceptors (Lipinski definition) is 9. The van der Waals surface area contributed by atoms with Crippen LogP contribution in [0, 0.1) is 23.0 Å². The van der Waals surface area contributed by atoms with E-state index in [9.17, 15) is 18.8 Å². The predicted octanol–water partition coefficient (Wildman–Crippen LogP) is 6.20. The molecule has 13 heteroatoms. The van der Waals surface area contributed by atoms with Gasteiger partial charge in [0.2, 0.25) is 5.91 Å². The lowest BCUT2D eigenvalue weighted by Gasteiger charge is -2.34. The first-order valence-electron chi connectivity index (χ1n) is 16.2. The number of nitrogens with two attached hydrogens (primary N) is 1. The molecule has 9 nitrogen and oxygen atoms in total. The molecule has 3 aliphatic rings. The van der Waals surface area contributed by atoms with Crippen LogP contribution >= 0.6 is 11.3 Å². The van der Waals surface area contributed by atoms with E-state index < -0.39 is 23.3 Å². The lowest BCUT2D eigenvalue weighted by molar-refractivity contribution is -0.126. The Bertz CT molecular complexity index is 2000. The van der Waals surface area contributed by atoms with Crippen molar-refractivity contribution in [2.45, 2.75) is 63.3 Å². The highest BCUT2D eigenvalue weighted by Crippen LogP contribution is 2.44. The second-order valence-electron chi connectivity index (χ2n) is 12.9. The van der Waals surface area contributed by atoms with Gasteiger partial charge in [-0.05, 0) is 63.4 Å². The fraction of sp³-hybridized carbons (Fsp3) is 0.429. The van der Waals surface area contributed by atoms with Crippen LogP contribution in [0.3, 0.4) is 0 Å². The van der Waals surface area contributed by atoms with Crippen molar-refractivity contribution in [3.63, 3.8) is 0 Å². The highest BCUT2D eigenvalue weighted by molar-refractivity contribution is 7.23. The van der Waals surface area contributed by atoms with Crippen molar-refractivity contribution in [3.8, 4) is 23.2 Å². The smallest absolute Gasteiger partial charge is 0.319 e. The van der Waals surface area contributed by atoms with E-state index in [1.54, 1.807) is 17.0 Å². The van der Waals surface area contributed by atoms with Crippen LogP contribution in [-0.2, 0) is 4.79 Å².